The highest BCUT2D eigenvalue weighted by Gasteiger charge is 2.29. The number of carbonyl (C=O) groups is 2. The number of rotatable bonds is 3. The van der Waals surface area contributed by atoms with Crippen molar-refractivity contribution in [2.24, 2.45) is 5.92 Å². The van der Waals surface area contributed by atoms with E-state index in [-0.39, 0.29) is 30.2 Å². The average molecular weight is 275 g/mol. The van der Waals surface area contributed by atoms with Gasteiger partial charge in [0.25, 0.3) is 0 Å². The Balaban J connectivity index is 2.19. The third-order valence-electron chi connectivity index (χ3n) is 3.27. The highest BCUT2D eigenvalue weighted by Crippen LogP contribution is 2.26. The molecule has 0 spiro atoms. The smallest absolute Gasteiger partial charge is 0.310 e. The van der Waals surface area contributed by atoms with Crippen LogP contribution in [0.2, 0.25) is 0 Å². The zero-order chi connectivity index (χ0) is 14.7. The largest absolute Gasteiger partial charge is 0.469 e. The molecule has 0 aliphatic carbocycles. The Morgan fingerprint density at radius 3 is 2.90 bits per heavy atom. The van der Waals surface area contributed by atoms with E-state index in [1.165, 1.54) is 24.1 Å². The second-order valence-electron chi connectivity index (χ2n) is 4.60. The van der Waals surface area contributed by atoms with Crippen LogP contribution in [0.25, 0.3) is 0 Å². The van der Waals surface area contributed by atoms with Crippen LogP contribution >= 0.6 is 0 Å². The maximum Gasteiger partial charge on any atom is 0.310 e. The number of esters is 1. The zero-order valence-electron chi connectivity index (χ0n) is 11.1. The topological polar surface area (TPSA) is 46.6 Å². The highest BCUT2D eigenvalue weighted by atomic mass is 19.1. The van der Waals surface area contributed by atoms with E-state index in [9.17, 15) is 14.0 Å². The molecule has 1 unspecified atom stereocenters. The van der Waals surface area contributed by atoms with Gasteiger partial charge >= 0.3 is 5.97 Å². The van der Waals surface area contributed by atoms with Crippen LogP contribution in [0.3, 0.4) is 0 Å². The quantitative estimate of drug-likeness (QED) is 0.621. The Kier molecular flexibility index (Phi) is 4.04. The predicted octanol–water partition coefficient (Wildman–Crippen LogP) is 1.53. The maximum absolute atomic E-state index is 13.9. The molecule has 5 heteroatoms. The summed E-state index contributed by atoms with van der Waals surface area (Å²) >= 11 is 0. The van der Waals surface area contributed by atoms with E-state index in [4.69, 9.17) is 6.42 Å². The van der Waals surface area contributed by atoms with Gasteiger partial charge in [0.15, 0.2) is 0 Å². The van der Waals surface area contributed by atoms with E-state index in [0.717, 1.165) is 0 Å². The number of benzene rings is 1. The Morgan fingerprint density at radius 1 is 1.60 bits per heavy atom. The number of ether oxygens (including phenoxy) is 1. The van der Waals surface area contributed by atoms with Crippen LogP contribution < -0.4 is 4.90 Å². The molecule has 1 amide bonds. The number of carbonyl (C=O) groups excluding carboxylic acids is 2. The minimum Gasteiger partial charge on any atom is -0.469 e. The molecule has 0 saturated carbocycles. The van der Waals surface area contributed by atoms with Crippen LogP contribution in [-0.4, -0.2) is 25.5 Å². The Labute approximate surface area is 116 Å². The third kappa shape index (κ3) is 2.80. The number of terminal acetylenes is 1. The highest BCUT2D eigenvalue weighted by molar-refractivity contribution is 5.96. The summed E-state index contributed by atoms with van der Waals surface area (Å²) in [6.07, 6.45) is 5.45. The lowest BCUT2D eigenvalue weighted by Gasteiger charge is -2.16. The first kappa shape index (κ1) is 14.1. The minimum atomic E-state index is -0.537. The van der Waals surface area contributed by atoms with Crippen LogP contribution in [0, 0.1) is 24.1 Å². The number of halogens is 1. The summed E-state index contributed by atoms with van der Waals surface area (Å²) < 4.78 is 18.4. The second kappa shape index (κ2) is 5.74. The molecule has 1 atom stereocenters. The molecule has 2 rings (SSSR count). The van der Waals surface area contributed by atoms with Crippen LogP contribution in [0.15, 0.2) is 18.2 Å². The van der Waals surface area contributed by atoms with E-state index >= 15 is 0 Å². The fourth-order valence-electron chi connectivity index (χ4n) is 2.14. The molecule has 0 radical (unpaired) electrons. The molecule has 4 nitrogen and oxygen atoms in total. The van der Waals surface area contributed by atoms with E-state index in [2.05, 4.69) is 10.7 Å². The Hall–Kier alpha value is -2.35. The Bertz CT molecular complexity index is 591. The molecule has 1 fully saturated rings. The number of methoxy groups -OCH3 is 1. The second-order valence-corrected chi connectivity index (χ2v) is 4.60. The molecular weight excluding hydrogens is 261 g/mol. The molecule has 1 aromatic rings. The van der Waals surface area contributed by atoms with Crippen molar-refractivity contribution >= 4 is 17.6 Å². The van der Waals surface area contributed by atoms with E-state index in [0.29, 0.717) is 12.2 Å². The average Bonchev–Trinajstić information content (AvgIpc) is 2.82. The SMILES string of the molecule is C#CC1CC(=O)N(c2ccc(CC(=O)OC)c(F)c2)C1. The molecule has 1 aliphatic heterocycles. The third-order valence-corrected chi connectivity index (χ3v) is 3.27. The van der Waals surface area contributed by atoms with E-state index in [1.54, 1.807) is 6.07 Å². The molecule has 104 valence electrons. The van der Waals surface area contributed by atoms with E-state index in [1.807, 2.05) is 0 Å². The standard InChI is InChI=1S/C15H14FNO3/c1-3-10-6-14(18)17(9-10)12-5-4-11(13(16)8-12)7-15(19)20-2/h1,4-5,8,10H,6-7,9H2,2H3. The lowest BCUT2D eigenvalue weighted by atomic mass is 10.1. The number of hydrogen-bond donors (Lipinski definition) is 0. The first-order chi connectivity index (χ1) is 9.55. The minimum absolute atomic E-state index is 0.118. The number of nitrogens with zero attached hydrogens (tertiary/aromatic N) is 1. The number of anilines is 1. The van der Waals surface area contributed by atoms with Gasteiger partial charge in [0.2, 0.25) is 5.91 Å². The monoisotopic (exact) mass is 275 g/mol. The molecule has 1 aliphatic rings. The van der Waals surface area contributed by atoms with Crippen molar-refractivity contribution in [2.45, 2.75) is 12.8 Å². The van der Waals surface area contributed by atoms with Crippen molar-refractivity contribution in [3.05, 3.63) is 29.6 Å². The summed E-state index contributed by atoms with van der Waals surface area (Å²) in [7, 11) is 1.25. The molecule has 0 N–H and O–H groups in total. The van der Waals surface area contributed by atoms with Gasteiger partial charge < -0.3 is 9.64 Å². The van der Waals surface area contributed by atoms with Gasteiger partial charge in [-0.3, -0.25) is 9.59 Å². The van der Waals surface area contributed by atoms with E-state index < -0.39 is 11.8 Å². The lowest BCUT2D eigenvalue weighted by Crippen LogP contribution is -2.24. The van der Waals surface area contributed by atoms with Crippen LogP contribution in [0.5, 0.6) is 0 Å². The van der Waals surface area contributed by atoms with Crippen molar-refractivity contribution in [1.82, 2.24) is 0 Å². The van der Waals surface area contributed by atoms with Crippen LogP contribution in [-0.2, 0) is 20.7 Å². The van der Waals surface area contributed by atoms with Gasteiger partial charge in [-0.2, -0.15) is 0 Å². The number of hydrogen-bond acceptors (Lipinski definition) is 3. The van der Waals surface area contributed by atoms with Crippen molar-refractivity contribution in [2.75, 3.05) is 18.6 Å². The van der Waals surface area contributed by atoms with Gasteiger partial charge in [-0.1, -0.05) is 6.07 Å². The molecule has 0 aromatic heterocycles. The number of amides is 1. The first-order valence-electron chi connectivity index (χ1n) is 6.17. The summed E-state index contributed by atoms with van der Waals surface area (Å²) in [4.78, 5) is 24.4. The van der Waals surface area contributed by atoms with Crippen LogP contribution in [0.4, 0.5) is 10.1 Å². The predicted molar refractivity (Wildman–Crippen MR) is 71.4 cm³/mol. The molecular formula is C15H14FNO3. The normalized spacial score (nSPS) is 17.9. The Morgan fingerprint density at radius 2 is 2.35 bits per heavy atom. The van der Waals surface area contributed by atoms with Crippen LogP contribution in [0.1, 0.15) is 12.0 Å². The first-order valence-corrected chi connectivity index (χ1v) is 6.17. The summed E-state index contributed by atoms with van der Waals surface area (Å²) in [5.41, 5.74) is 0.694. The van der Waals surface area contributed by atoms with Gasteiger partial charge in [0.1, 0.15) is 5.82 Å². The molecule has 20 heavy (non-hydrogen) atoms. The molecule has 1 aromatic carbocycles. The van der Waals surface area contributed by atoms with Crippen molar-refractivity contribution < 1.29 is 18.7 Å². The summed E-state index contributed by atoms with van der Waals surface area (Å²) in [5.74, 6) is 1.23. The van der Waals surface area contributed by atoms with Gasteiger partial charge in [-0.15, -0.1) is 12.3 Å². The molecule has 1 heterocycles. The summed E-state index contributed by atoms with van der Waals surface area (Å²) in [6, 6.07) is 4.34. The van der Waals surface area contributed by atoms with Crippen molar-refractivity contribution in [3.63, 3.8) is 0 Å². The van der Waals surface area contributed by atoms with Gasteiger partial charge in [-0.25, -0.2) is 4.39 Å². The van der Waals surface area contributed by atoms with Gasteiger partial charge in [0, 0.05) is 24.6 Å². The van der Waals surface area contributed by atoms with Crippen molar-refractivity contribution in [3.8, 4) is 12.3 Å². The van der Waals surface area contributed by atoms with Gasteiger partial charge in [-0.05, 0) is 17.7 Å². The van der Waals surface area contributed by atoms with Crippen molar-refractivity contribution in [1.29, 1.82) is 0 Å². The summed E-state index contributed by atoms with van der Waals surface area (Å²) in [5, 5.41) is 0. The fraction of sp³-hybridized carbons (Fsp3) is 0.333. The fourth-order valence-corrected chi connectivity index (χ4v) is 2.14. The summed E-state index contributed by atoms with van der Waals surface area (Å²) in [6.45, 7) is 0.394. The molecule has 0 bridgehead atoms. The molecule has 1 saturated heterocycles. The zero-order valence-corrected chi connectivity index (χ0v) is 11.1. The maximum atomic E-state index is 13.9. The van der Waals surface area contributed by atoms with Gasteiger partial charge in [0.05, 0.1) is 13.5 Å². The lowest BCUT2D eigenvalue weighted by molar-refractivity contribution is -0.139.